The van der Waals surface area contributed by atoms with Crippen molar-refractivity contribution in [2.45, 2.75) is 25.7 Å². The molecule has 1 aliphatic rings. The third kappa shape index (κ3) is 5.57. The van der Waals surface area contributed by atoms with E-state index in [9.17, 15) is 0 Å². The molecule has 0 saturated carbocycles. The number of para-hydroxylation sites is 1. The summed E-state index contributed by atoms with van der Waals surface area (Å²) < 4.78 is 5.36. The molecule has 1 aromatic carbocycles. The van der Waals surface area contributed by atoms with Crippen molar-refractivity contribution < 1.29 is 4.74 Å². The topological polar surface area (TPSA) is 33.3 Å². The summed E-state index contributed by atoms with van der Waals surface area (Å²) in [5.41, 5.74) is 1.03. The Labute approximate surface area is 120 Å². The van der Waals surface area contributed by atoms with Crippen LogP contribution in [0.2, 0.25) is 0 Å². The van der Waals surface area contributed by atoms with Crippen LogP contribution < -0.4 is 10.6 Å². The summed E-state index contributed by atoms with van der Waals surface area (Å²) in [5, 5.41) is 7.15. The maximum atomic E-state index is 5.36. The van der Waals surface area contributed by atoms with Crippen LogP contribution in [-0.2, 0) is 4.74 Å². The zero-order chi connectivity index (χ0) is 13.3. The zero-order valence-corrected chi connectivity index (χ0v) is 12.0. The van der Waals surface area contributed by atoms with Crippen LogP contribution in [0.1, 0.15) is 25.7 Å². The Bertz CT molecular complexity index is 377. The summed E-state index contributed by atoms with van der Waals surface area (Å²) in [6.07, 6.45) is 4.87. The highest BCUT2D eigenvalue weighted by molar-refractivity contribution is 7.80. The first kappa shape index (κ1) is 14.3. The Morgan fingerprint density at radius 1 is 1.21 bits per heavy atom. The number of benzene rings is 1. The molecule has 0 unspecified atom stereocenters. The molecule has 0 atom stereocenters. The van der Waals surface area contributed by atoms with Crippen molar-refractivity contribution in [3.8, 4) is 0 Å². The van der Waals surface area contributed by atoms with Gasteiger partial charge in [0.05, 0.1) is 0 Å². The Kier molecular flexibility index (Phi) is 6.11. The minimum Gasteiger partial charge on any atom is -0.381 e. The van der Waals surface area contributed by atoms with Crippen molar-refractivity contribution in [2.24, 2.45) is 5.92 Å². The molecule has 1 heterocycles. The number of hydrogen-bond acceptors (Lipinski definition) is 2. The Hall–Kier alpha value is -1.13. The smallest absolute Gasteiger partial charge is 0.170 e. The molecule has 1 aromatic rings. The Balaban J connectivity index is 1.56. The normalized spacial score (nSPS) is 16.0. The monoisotopic (exact) mass is 278 g/mol. The van der Waals surface area contributed by atoms with Gasteiger partial charge in [0.1, 0.15) is 0 Å². The molecule has 0 bridgehead atoms. The number of rotatable bonds is 5. The summed E-state index contributed by atoms with van der Waals surface area (Å²) >= 11 is 5.26. The second-order valence-corrected chi connectivity index (χ2v) is 5.35. The summed E-state index contributed by atoms with van der Waals surface area (Å²) in [5.74, 6) is 0.839. The quantitative estimate of drug-likeness (QED) is 0.640. The van der Waals surface area contributed by atoms with Gasteiger partial charge in [-0.05, 0) is 56.0 Å². The van der Waals surface area contributed by atoms with E-state index in [1.165, 1.54) is 25.7 Å². The predicted molar refractivity (Wildman–Crippen MR) is 83.4 cm³/mol. The molecule has 0 aromatic heterocycles. The van der Waals surface area contributed by atoms with Crippen molar-refractivity contribution in [3.05, 3.63) is 30.3 Å². The first-order valence-corrected chi connectivity index (χ1v) is 7.43. The molecular formula is C15H22N2OS. The van der Waals surface area contributed by atoms with Gasteiger partial charge in [-0.25, -0.2) is 0 Å². The summed E-state index contributed by atoms with van der Waals surface area (Å²) in [6.45, 7) is 2.81. The second kappa shape index (κ2) is 8.12. The summed E-state index contributed by atoms with van der Waals surface area (Å²) in [6, 6.07) is 10.0. The van der Waals surface area contributed by atoms with Crippen LogP contribution in [0.3, 0.4) is 0 Å². The van der Waals surface area contributed by atoms with Crippen LogP contribution >= 0.6 is 12.2 Å². The van der Waals surface area contributed by atoms with E-state index in [2.05, 4.69) is 10.6 Å². The molecule has 1 saturated heterocycles. The van der Waals surface area contributed by atoms with E-state index in [0.717, 1.165) is 31.4 Å². The third-order valence-corrected chi connectivity index (χ3v) is 3.69. The molecule has 0 aliphatic carbocycles. The lowest BCUT2D eigenvalue weighted by Crippen LogP contribution is -2.29. The molecule has 1 fully saturated rings. The highest BCUT2D eigenvalue weighted by Gasteiger charge is 2.12. The van der Waals surface area contributed by atoms with Gasteiger partial charge in [-0.2, -0.15) is 0 Å². The molecule has 104 valence electrons. The molecule has 3 nitrogen and oxygen atoms in total. The molecule has 2 N–H and O–H groups in total. The minimum atomic E-state index is 0.707. The van der Waals surface area contributed by atoms with Crippen LogP contribution in [0.25, 0.3) is 0 Å². The fourth-order valence-corrected chi connectivity index (χ4v) is 2.54. The standard InChI is InChI=1S/C15H22N2OS/c19-15(17-14-6-2-1-3-7-14)16-10-4-5-13-8-11-18-12-9-13/h1-3,6-7,13H,4-5,8-12H2,(H2,16,17,19). The van der Waals surface area contributed by atoms with Crippen molar-refractivity contribution in [1.82, 2.24) is 5.32 Å². The molecule has 19 heavy (non-hydrogen) atoms. The average Bonchev–Trinajstić information content (AvgIpc) is 2.46. The maximum absolute atomic E-state index is 5.36. The van der Waals surface area contributed by atoms with Gasteiger partial charge < -0.3 is 15.4 Å². The summed E-state index contributed by atoms with van der Waals surface area (Å²) in [4.78, 5) is 0. The lowest BCUT2D eigenvalue weighted by Gasteiger charge is -2.21. The Morgan fingerprint density at radius 3 is 2.68 bits per heavy atom. The first-order valence-electron chi connectivity index (χ1n) is 7.02. The van der Waals surface area contributed by atoms with E-state index in [4.69, 9.17) is 17.0 Å². The zero-order valence-electron chi connectivity index (χ0n) is 11.2. The third-order valence-electron chi connectivity index (χ3n) is 3.45. The number of nitrogens with one attached hydrogen (secondary N) is 2. The van der Waals surface area contributed by atoms with Crippen molar-refractivity contribution in [3.63, 3.8) is 0 Å². The first-order chi connectivity index (χ1) is 9.34. The molecule has 0 amide bonds. The van der Waals surface area contributed by atoms with Gasteiger partial charge >= 0.3 is 0 Å². The van der Waals surface area contributed by atoms with Gasteiger partial charge in [0.2, 0.25) is 0 Å². The number of ether oxygens (including phenoxy) is 1. The molecule has 1 aliphatic heterocycles. The van der Waals surface area contributed by atoms with Crippen molar-refractivity contribution >= 4 is 23.0 Å². The van der Waals surface area contributed by atoms with Crippen LogP contribution in [0.4, 0.5) is 5.69 Å². The van der Waals surface area contributed by atoms with Crippen LogP contribution in [-0.4, -0.2) is 24.9 Å². The number of thiocarbonyl (C=S) groups is 1. The van der Waals surface area contributed by atoms with Crippen LogP contribution in [0.5, 0.6) is 0 Å². The molecular weight excluding hydrogens is 256 g/mol. The van der Waals surface area contributed by atoms with Gasteiger partial charge in [-0.1, -0.05) is 18.2 Å². The lowest BCUT2D eigenvalue weighted by molar-refractivity contribution is 0.0634. The molecule has 2 rings (SSSR count). The molecule has 0 spiro atoms. The number of hydrogen-bond donors (Lipinski definition) is 2. The predicted octanol–water partition coefficient (Wildman–Crippen LogP) is 3.18. The SMILES string of the molecule is S=C(NCCCC1CCOCC1)Nc1ccccc1. The van der Waals surface area contributed by atoms with Gasteiger partial charge in [0.25, 0.3) is 0 Å². The minimum absolute atomic E-state index is 0.707. The molecule has 0 radical (unpaired) electrons. The summed E-state index contributed by atoms with van der Waals surface area (Å²) in [7, 11) is 0. The maximum Gasteiger partial charge on any atom is 0.170 e. The van der Waals surface area contributed by atoms with E-state index >= 15 is 0 Å². The highest BCUT2D eigenvalue weighted by atomic mass is 32.1. The van der Waals surface area contributed by atoms with Gasteiger partial charge in [-0.15, -0.1) is 0 Å². The van der Waals surface area contributed by atoms with Crippen molar-refractivity contribution in [1.29, 1.82) is 0 Å². The fourth-order valence-electron chi connectivity index (χ4n) is 2.32. The lowest BCUT2D eigenvalue weighted by atomic mass is 9.95. The van der Waals surface area contributed by atoms with Gasteiger partial charge in [0, 0.05) is 25.4 Å². The van der Waals surface area contributed by atoms with Gasteiger partial charge in [-0.3, -0.25) is 0 Å². The second-order valence-electron chi connectivity index (χ2n) is 4.94. The van der Waals surface area contributed by atoms with Gasteiger partial charge in [0.15, 0.2) is 5.11 Å². The van der Waals surface area contributed by atoms with Crippen LogP contribution in [0, 0.1) is 5.92 Å². The van der Waals surface area contributed by atoms with E-state index in [0.29, 0.717) is 5.11 Å². The van der Waals surface area contributed by atoms with E-state index in [-0.39, 0.29) is 0 Å². The van der Waals surface area contributed by atoms with Crippen molar-refractivity contribution in [2.75, 3.05) is 25.1 Å². The molecule has 4 heteroatoms. The van der Waals surface area contributed by atoms with E-state index < -0.39 is 0 Å². The average molecular weight is 278 g/mol. The largest absolute Gasteiger partial charge is 0.381 e. The Morgan fingerprint density at radius 2 is 1.95 bits per heavy atom. The van der Waals surface area contributed by atoms with E-state index in [1.54, 1.807) is 0 Å². The van der Waals surface area contributed by atoms with Crippen LogP contribution in [0.15, 0.2) is 30.3 Å². The van der Waals surface area contributed by atoms with E-state index in [1.807, 2.05) is 30.3 Å². The fraction of sp³-hybridized carbons (Fsp3) is 0.533. The number of anilines is 1. The highest BCUT2D eigenvalue weighted by Crippen LogP contribution is 2.19.